The van der Waals surface area contributed by atoms with Crippen molar-refractivity contribution in [2.75, 3.05) is 20.3 Å². The normalized spacial score (nSPS) is 12.3. The summed E-state index contributed by atoms with van der Waals surface area (Å²) in [5.41, 5.74) is 2.56. The third-order valence-electron chi connectivity index (χ3n) is 4.73. The van der Waals surface area contributed by atoms with Crippen molar-refractivity contribution in [3.05, 3.63) is 101 Å². The van der Waals surface area contributed by atoms with Gasteiger partial charge in [-0.25, -0.2) is 9.18 Å². The maximum Gasteiger partial charge on any atom is 0.338 e. The Morgan fingerprint density at radius 3 is 2.50 bits per heavy atom. The van der Waals surface area contributed by atoms with Crippen molar-refractivity contribution < 1.29 is 23.8 Å². The summed E-state index contributed by atoms with van der Waals surface area (Å²) in [6, 6.07) is 22.8. The Bertz CT molecular complexity index is 1040. The van der Waals surface area contributed by atoms with Gasteiger partial charge in [0.25, 0.3) is 0 Å². The molecule has 0 amide bonds. The molecule has 3 aromatic carbocycles. The van der Waals surface area contributed by atoms with E-state index in [9.17, 15) is 14.3 Å². The van der Waals surface area contributed by atoms with Crippen LogP contribution in [-0.4, -0.2) is 37.4 Å². The standard InChI is InChI=1S/C26H26FNO4/c1-31-26(30)25(21-8-5-9-22(27)15-21)14-19-10-12-24(13-11-19)32-18-23(29)17-28-16-20-6-3-2-4-7-20/h2-15,23,28-29H,16-18H2,1H3. The van der Waals surface area contributed by atoms with Crippen molar-refractivity contribution in [1.29, 1.82) is 0 Å². The fourth-order valence-electron chi connectivity index (χ4n) is 3.08. The molecule has 0 radical (unpaired) electrons. The lowest BCUT2D eigenvalue weighted by atomic mass is 10.0. The summed E-state index contributed by atoms with van der Waals surface area (Å²) in [6.07, 6.45) is 0.976. The van der Waals surface area contributed by atoms with E-state index in [0.29, 0.717) is 24.4 Å². The Balaban J connectivity index is 1.55. The van der Waals surface area contributed by atoms with Gasteiger partial charge in [-0.05, 0) is 47.0 Å². The van der Waals surface area contributed by atoms with Gasteiger partial charge in [-0.15, -0.1) is 0 Å². The minimum Gasteiger partial charge on any atom is -0.491 e. The molecule has 0 aliphatic carbocycles. The molecule has 0 aromatic heterocycles. The molecule has 1 unspecified atom stereocenters. The van der Waals surface area contributed by atoms with Gasteiger partial charge in [-0.2, -0.15) is 0 Å². The quantitative estimate of drug-likeness (QED) is 0.286. The Morgan fingerprint density at radius 2 is 1.81 bits per heavy atom. The Kier molecular flexibility index (Phi) is 8.54. The highest BCUT2D eigenvalue weighted by Gasteiger charge is 2.13. The van der Waals surface area contributed by atoms with E-state index in [4.69, 9.17) is 9.47 Å². The molecular weight excluding hydrogens is 409 g/mol. The van der Waals surface area contributed by atoms with Crippen LogP contribution in [0.1, 0.15) is 16.7 Å². The van der Waals surface area contributed by atoms with Gasteiger partial charge in [0.05, 0.1) is 12.7 Å². The predicted octanol–water partition coefficient (Wildman–Crippen LogP) is 4.07. The first kappa shape index (κ1) is 23.2. The van der Waals surface area contributed by atoms with Gasteiger partial charge < -0.3 is 19.9 Å². The maximum absolute atomic E-state index is 13.6. The van der Waals surface area contributed by atoms with Gasteiger partial charge in [-0.1, -0.05) is 54.6 Å². The van der Waals surface area contributed by atoms with Crippen molar-refractivity contribution in [1.82, 2.24) is 5.32 Å². The van der Waals surface area contributed by atoms with Gasteiger partial charge in [0.1, 0.15) is 24.3 Å². The zero-order valence-electron chi connectivity index (χ0n) is 17.8. The molecule has 0 aliphatic rings. The number of nitrogens with one attached hydrogen (secondary N) is 1. The number of carbonyl (C=O) groups is 1. The Labute approximate surface area is 187 Å². The van der Waals surface area contributed by atoms with E-state index in [2.05, 4.69) is 5.32 Å². The number of halogens is 1. The lowest BCUT2D eigenvalue weighted by molar-refractivity contribution is -0.133. The predicted molar refractivity (Wildman–Crippen MR) is 122 cm³/mol. The van der Waals surface area contributed by atoms with Crippen LogP contribution in [0.2, 0.25) is 0 Å². The first-order valence-corrected chi connectivity index (χ1v) is 10.3. The minimum atomic E-state index is -0.655. The summed E-state index contributed by atoms with van der Waals surface area (Å²) in [7, 11) is 1.28. The Morgan fingerprint density at radius 1 is 1.06 bits per heavy atom. The van der Waals surface area contributed by atoms with Crippen LogP contribution < -0.4 is 10.1 Å². The molecule has 5 nitrogen and oxygen atoms in total. The number of benzene rings is 3. The molecule has 1 atom stereocenters. The third-order valence-corrected chi connectivity index (χ3v) is 4.73. The zero-order chi connectivity index (χ0) is 22.8. The average Bonchev–Trinajstić information content (AvgIpc) is 2.82. The highest BCUT2D eigenvalue weighted by atomic mass is 19.1. The van der Waals surface area contributed by atoms with Crippen LogP contribution in [0.15, 0.2) is 78.9 Å². The van der Waals surface area contributed by atoms with Crippen LogP contribution in [0.5, 0.6) is 5.75 Å². The van der Waals surface area contributed by atoms with Crippen LogP contribution in [0.25, 0.3) is 11.6 Å². The molecule has 6 heteroatoms. The highest BCUT2D eigenvalue weighted by molar-refractivity contribution is 6.21. The summed E-state index contributed by atoms with van der Waals surface area (Å²) in [5, 5.41) is 13.3. The van der Waals surface area contributed by atoms with Crippen LogP contribution in [0, 0.1) is 5.82 Å². The van der Waals surface area contributed by atoms with Crippen molar-refractivity contribution in [2.24, 2.45) is 0 Å². The molecule has 0 fully saturated rings. The monoisotopic (exact) mass is 435 g/mol. The fraction of sp³-hybridized carbons (Fsp3) is 0.192. The zero-order valence-corrected chi connectivity index (χ0v) is 17.8. The van der Waals surface area contributed by atoms with Crippen LogP contribution in [0.3, 0.4) is 0 Å². The largest absolute Gasteiger partial charge is 0.491 e. The van der Waals surface area contributed by atoms with Crippen molar-refractivity contribution >= 4 is 17.6 Å². The second kappa shape index (κ2) is 11.8. The van der Waals surface area contributed by atoms with E-state index in [1.807, 2.05) is 30.3 Å². The summed E-state index contributed by atoms with van der Waals surface area (Å²) in [6.45, 7) is 1.23. The molecule has 32 heavy (non-hydrogen) atoms. The number of hydrogen-bond donors (Lipinski definition) is 2. The second-order valence-electron chi connectivity index (χ2n) is 7.21. The van der Waals surface area contributed by atoms with Crippen LogP contribution >= 0.6 is 0 Å². The summed E-state index contributed by atoms with van der Waals surface area (Å²) in [4.78, 5) is 12.2. The molecule has 0 spiro atoms. The van der Waals surface area contributed by atoms with Crippen molar-refractivity contribution in [3.63, 3.8) is 0 Å². The molecule has 0 bridgehead atoms. The SMILES string of the molecule is COC(=O)C(=Cc1ccc(OCC(O)CNCc2ccccc2)cc1)c1cccc(F)c1. The topological polar surface area (TPSA) is 67.8 Å². The van der Waals surface area contributed by atoms with Gasteiger partial charge in [0.15, 0.2) is 0 Å². The molecule has 3 rings (SSSR count). The number of rotatable bonds is 10. The lowest BCUT2D eigenvalue weighted by Gasteiger charge is -2.13. The number of hydrogen-bond acceptors (Lipinski definition) is 5. The van der Waals surface area contributed by atoms with E-state index in [-0.39, 0.29) is 12.2 Å². The van der Waals surface area contributed by atoms with E-state index in [0.717, 1.165) is 11.1 Å². The summed E-state index contributed by atoms with van der Waals surface area (Å²) >= 11 is 0. The molecule has 0 aliphatic heterocycles. The molecule has 2 N–H and O–H groups in total. The molecule has 0 saturated carbocycles. The number of ether oxygens (including phenoxy) is 2. The van der Waals surface area contributed by atoms with Crippen LogP contribution in [-0.2, 0) is 16.1 Å². The minimum absolute atomic E-state index is 0.147. The molecule has 0 heterocycles. The summed E-state index contributed by atoms with van der Waals surface area (Å²) in [5.74, 6) is -0.394. The van der Waals surface area contributed by atoms with Crippen molar-refractivity contribution in [2.45, 2.75) is 12.6 Å². The van der Waals surface area contributed by atoms with Gasteiger partial charge in [0, 0.05) is 13.1 Å². The Hall–Kier alpha value is -3.48. The smallest absolute Gasteiger partial charge is 0.338 e. The van der Waals surface area contributed by atoms with E-state index < -0.39 is 17.9 Å². The third kappa shape index (κ3) is 7.04. The van der Waals surface area contributed by atoms with Crippen LogP contribution in [0.4, 0.5) is 4.39 Å². The summed E-state index contributed by atoms with van der Waals surface area (Å²) < 4.78 is 24.1. The first-order chi connectivity index (χ1) is 15.5. The fourth-order valence-corrected chi connectivity index (χ4v) is 3.08. The molecule has 3 aromatic rings. The van der Waals surface area contributed by atoms with E-state index in [1.54, 1.807) is 42.5 Å². The number of esters is 1. The average molecular weight is 435 g/mol. The van der Waals surface area contributed by atoms with Gasteiger partial charge in [0.2, 0.25) is 0 Å². The molecule has 0 saturated heterocycles. The second-order valence-corrected chi connectivity index (χ2v) is 7.21. The maximum atomic E-state index is 13.6. The number of aliphatic hydroxyl groups is 1. The molecular formula is C26H26FNO4. The van der Waals surface area contributed by atoms with Gasteiger partial charge in [-0.3, -0.25) is 0 Å². The van der Waals surface area contributed by atoms with Crippen molar-refractivity contribution in [3.8, 4) is 5.75 Å². The molecule has 166 valence electrons. The van der Waals surface area contributed by atoms with Gasteiger partial charge >= 0.3 is 5.97 Å². The lowest BCUT2D eigenvalue weighted by Crippen LogP contribution is -2.31. The number of aliphatic hydroxyl groups excluding tert-OH is 1. The number of methoxy groups -OCH3 is 1. The van der Waals surface area contributed by atoms with E-state index >= 15 is 0 Å². The van der Waals surface area contributed by atoms with E-state index in [1.165, 1.54) is 19.2 Å². The number of carbonyl (C=O) groups excluding carboxylic acids is 1. The highest BCUT2D eigenvalue weighted by Crippen LogP contribution is 2.22. The first-order valence-electron chi connectivity index (χ1n) is 10.3.